The van der Waals surface area contributed by atoms with E-state index in [9.17, 15) is 0 Å². The molecular weight excluding hydrogens is 344 g/mol. The van der Waals surface area contributed by atoms with Crippen molar-refractivity contribution >= 4 is 21.9 Å². The minimum absolute atomic E-state index is 0.367. The Balaban J connectivity index is 1.84. The van der Waals surface area contributed by atoms with Gasteiger partial charge in [-0.25, -0.2) is 0 Å². The molecule has 0 aliphatic rings. The number of aromatic nitrogens is 1. The van der Waals surface area contributed by atoms with Crippen LogP contribution in [0.1, 0.15) is 36.8 Å². The number of halogens is 1. The highest BCUT2D eigenvalue weighted by Gasteiger charge is 2.08. The van der Waals surface area contributed by atoms with Crippen molar-refractivity contribution in [3.63, 3.8) is 0 Å². The maximum Gasteiger partial charge on any atom is 0.191 e. The van der Waals surface area contributed by atoms with Crippen LogP contribution in [0.3, 0.4) is 0 Å². The summed E-state index contributed by atoms with van der Waals surface area (Å²) in [6.07, 6.45) is 0. The third-order valence-electron chi connectivity index (χ3n) is 3.17. The number of hydrogen-bond donors (Lipinski definition) is 2. The minimum atomic E-state index is 0.367. The number of benzene rings is 1. The highest BCUT2D eigenvalue weighted by Crippen LogP contribution is 2.14. The van der Waals surface area contributed by atoms with E-state index in [2.05, 4.69) is 62.7 Å². The van der Waals surface area contributed by atoms with Crippen molar-refractivity contribution in [1.29, 1.82) is 0 Å². The molecule has 0 atom stereocenters. The molecule has 1 heterocycles. The van der Waals surface area contributed by atoms with Crippen LogP contribution in [0.5, 0.6) is 0 Å². The smallest absolute Gasteiger partial charge is 0.191 e. The topological polar surface area (TPSA) is 62.5 Å². The number of aliphatic imine (C=N–C) groups is 1. The molecule has 0 amide bonds. The fraction of sp³-hybridized carbons (Fsp3) is 0.375. The van der Waals surface area contributed by atoms with Gasteiger partial charge in [0, 0.05) is 24.1 Å². The van der Waals surface area contributed by atoms with Crippen LogP contribution >= 0.6 is 15.9 Å². The molecule has 0 radical (unpaired) electrons. The lowest BCUT2D eigenvalue weighted by Crippen LogP contribution is -2.36. The van der Waals surface area contributed by atoms with E-state index in [4.69, 9.17) is 4.52 Å². The van der Waals surface area contributed by atoms with Crippen molar-refractivity contribution in [2.45, 2.75) is 32.9 Å². The second-order valence-electron chi connectivity index (χ2n) is 5.28. The maximum absolute atomic E-state index is 5.30. The molecule has 0 fully saturated rings. The van der Waals surface area contributed by atoms with Gasteiger partial charge in [0.2, 0.25) is 0 Å². The van der Waals surface area contributed by atoms with Crippen LogP contribution in [0.15, 0.2) is 44.3 Å². The lowest BCUT2D eigenvalue weighted by molar-refractivity contribution is 0.372. The van der Waals surface area contributed by atoms with Crippen LogP contribution in [0.25, 0.3) is 0 Å². The summed E-state index contributed by atoms with van der Waals surface area (Å²) in [5.41, 5.74) is 2.15. The summed E-state index contributed by atoms with van der Waals surface area (Å²) in [5, 5.41) is 10.5. The number of nitrogens with zero attached hydrogens (tertiary/aromatic N) is 2. The van der Waals surface area contributed by atoms with Crippen LogP contribution in [0, 0.1) is 0 Å². The first kappa shape index (κ1) is 16.5. The van der Waals surface area contributed by atoms with Crippen molar-refractivity contribution in [1.82, 2.24) is 15.8 Å². The Morgan fingerprint density at radius 1 is 1.27 bits per heavy atom. The van der Waals surface area contributed by atoms with E-state index in [-0.39, 0.29) is 0 Å². The zero-order chi connectivity index (χ0) is 15.9. The molecule has 6 heteroatoms. The maximum atomic E-state index is 5.30. The summed E-state index contributed by atoms with van der Waals surface area (Å²) in [6.45, 7) is 5.44. The molecule has 0 spiro atoms. The Hall–Kier alpha value is -1.82. The molecular formula is C16H21BrN4O. The third-order valence-corrected chi connectivity index (χ3v) is 3.66. The van der Waals surface area contributed by atoms with Gasteiger partial charge in [-0.1, -0.05) is 47.1 Å². The quantitative estimate of drug-likeness (QED) is 0.630. The van der Waals surface area contributed by atoms with E-state index in [1.54, 1.807) is 7.05 Å². The van der Waals surface area contributed by atoms with Crippen molar-refractivity contribution in [2.75, 3.05) is 7.05 Å². The average molecular weight is 365 g/mol. The van der Waals surface area contributed by atoms with Crippen LogP contribution in [0.4, 0.5) is 0 Å². The zero-order valence-corrected chi connectivity index (χ0v) is 14.6. The number of guanidine groups is 1. The lowest BCUT2D eigenvalue weighted by Gasteiger charge is -2.10. The zero-order valence-electron chi connectivity index (χ0n) is 13.1. The first-order valence-electron chi connectivity index (χ1n) is 7.23. The summed E-state index contributed by atoms with van der Waals surface area (Å²) in [5.74, 6) is 1.89. The highest BCUT2D eigenvalue weighted by molar-refractivity contribution is 9.10. The Bertz CT molecular complexity index is 637. The molecule has 0 saturated heterocycles. The molecule has 22 heavy (non-hydrogen) atoms. The predicted molar refractivity (Wildman–Crippen MR) is 91.8 cm³/mol. The van der Waals surface area contributed by atoms with E-state index in [0.717, 1.165) is 21.9 Å². The molecule has 1 aromatic heterocycles. The molecule has 118 valence electrons. The fourth-order valence-electron chi connectivity index (χ4n) is 1.91. The minimum Gasteiger partial charge on any atom is -0.359 e. The Labute approximate surface area is 139 Å². The molecule has 0 aliphatic carbocycles. The van der Waals surface area contributed by atoms with E-state index in [1.165, 1.54) is 5.56 Å². The standard InChI is InChI=1S/C16H21BrN4O/c1-11(2)15-8-14(22-21-15)10-20-16(18-3)19-9-12-5-4-6-13(17)7-12/h4-8,11H,9-10H2,1-3H3,(H2,18,19,20). The molecule has 2 rings (SSSR count). The van der Waals surface area contributed by atoms with Gasteiger partial charge in [0.1, 0.15) is 0 Å². The van der Waals surface area contributed by atoms with Crippen molar-refractivity contribution in [3.8, 4) is 0 Å². The molecule has 0 aliphatic heterocycles. The second kappa shape index (κ2) is 7.98. The highest BCUT2D eigenvalue weighted by atomic mass is 79.9. The van der Waals surface area contributed by atoms with Crippen LogP contribution in [0.2, 0.25) is 0 Å². The van der Waals surface area contributed by atoms with Gasteiger partial charge in [-0.3, -0.25) is 4.99 Å². The summed E-state index contributed by atoms with van der Waals surface area (Å²) < 4.78 is 6.37. The Morgan fingerprint density at radius 3 is 2.68 bits per heavy atom. The monoisotopic (exact) mass is 364 g/mol. The average Bonchev–Trinajstić information content (AvgIpc) is 2.97. The predicted octanol–water partition coefficient (Wildman–Crippen LogP) is 3.43. The molecule has 0 saturated carbocycles. The van der Waals surface area contributed by atoms with Crippen LogP contribution < -0.4 is 10.6 Å². The largest absolute Gasteiger partial charge is 0.359 e. The van der Waals surface area contributed by atoms with Gasteiger partial charge in [-0.05, 0) is 23.6 Å². The second-order valence-corrected chi connectivity index (χ2v) is 6.20. The van der Waals surface area contributed by atoms with Gasteiger partial charge >= 0.3 is 0 Å². The normalized spacial score (nSPS) is 11.8. The third kappa shape index (κ3) is 4.87. The molecule has 2 N–H and O–H groups in total. The first-order valence-corrected chi connectivity index (χ1v) is 8.02. The van der Waals surface area contributed by atoms with Crippen molar-refractivity contribution in [2.24, 2.45) is 4.99 Å². The van der Waals surface area contributed by atoms with Gasteiger partial charge in [0.25, 0.3) is 0 Å². The first-order chi connectivity index (χ1) is 10.6. The van der Waals surface area contributed by atoms with Crippen molar-refractivity contribution in [3.05, 3.63) is 51.8 Å². The summed E-state index contributed by atoms with van der Waals surface area (Å²) in [6, 6.07) is 10.1. The molecule has 1 aromatic carbocycles. The number of hydrogen-bond acceptors (Lipinski definition) is 3. The van der Waals surface area contributed by atoms with Gasteiger partial charge < -0.3 is 15.2 Å². The lowest BCUT2D eigenvalue weighted by atomic mass is 10.1. The Kier molecular flexibility index (Phi) is 6.00. The Morgan fingerprint density at radius 2 is 2.05 bits per heavy atom. The fourth-order valence-corrected chi connectivity index (χ4v) is 2.36. The van der Waals surface area contributed by atoms with Gasteiger partial charge in [0.05, 0.1) is 12.2 Å². The van der Waals surface area contributed by atoms with E-state index in [1.807, 2.05) is 18.2 Å². The van der Waals surface area contributed by atoms with Crippen molar-refractivity contribution < 1.29 is 4.52 Å². The molecule has 5 nitrogen and oxygen atoms in total. The summed E-state index contributed by atoms with van der Waals surface area (Å²) in [7, 11) is 1.75. The summed E-state index contributed by atoms with van der Waals surface area (Å²) in [4.78, 5) is 4.20. The van der Waals surface area contributed by atoms with E-state index < -0.39 is 0 Å². The number of rotatable bonds is 5. The van der Waals surface area contributed by atoms with Gasteiger partial charge in [0.15, 0.2) is 11.7 Å². The van der Waals surface area contributed by atoms with Crippen LogP contribution in [-0.4, -0.2) is 18.2 Å². The number of nitrogens with one attached hydrogen (secondary N) is 2. The van der Waals surface area contributed by atoms with Crippen LogP contribution in [-0.2, 0) is 13.1 Å². The van der Waals surface area contributed by atoms with Gasteiger partial charge in [-0.2, -0.15) is 0 Å². The van der Waals surface area contributed by atoms with Gasteiger partial charge in [-0.15, -0.1) is 0 Å². The molecule has 0 bridgehead atoms. The molecule has 2 aromatic rings. The van der Waals surface area contributed by atoms with E-state index >= 15 is 0 Å². The summed E-state index contributed by atoms with van der Waals surface area (Å²) >= 11 is 3.47. The SMILES string of the molecule is CN=C(NCc1cccc(Br)c1)NCc1cc(C(C)C)no1. The van der Waals surface area contributed by atoms with E-state index in [0.29, 0.717) is 19.0 Å². The molecule has 0 unspecified atom stereocenters.